The SMILES string of the molecule is NC[C@H]1CC[C@@H](NC(=O)CC2CC2)C1. The topological polar surface area (TPSA) is 55.1 Å². The van der Waals surface area contributed by atoms with Gasteiger partial charge in [0.2, 0.25) is 5.91 Å². The molecule has 0 unspecified atom stereocenters. The van der Waals surface area contributed by atoms with E-state index in [0.29, 0.717) is 17.9 Å². The molecule has 80 valence electrons. The first-order chi connectivity index (χ1) is 6.78. The summed E-state index contributed by atoms with van der Waals surface area (Å²) in [5, 5.41) is 3.12. The van der Waals surface area contributed by atoms with Crippen molar-refractivity contribution >= 4 is 5.91 Å². The number of nitrogens with one attached hydrogen (secondary N) is 1. The Hall–Kier alpha value is -0.570. The molecule has 2 atom stereocenters. The van der Waals surface area contributed by atoms with E-state index in [1.807, 2.05) is 0 Å². The number of amides is 1. The largest absolute Gasteiger partial charge is 0.353 e. The van der Waals surface area contributed by atoms with E-state index in [1.54, 1.807) is 0 Å². The van der Waals surface area contributed by atoms with Crippen LogP contribution < -0.4 is 11.1 Å². The third kappa shape index (κ3) is 2.71. The predicted molar refractivity (Wildman–Crippen MR) is 55.7 cm³/mol. The van der Waals surface area contributed by atoms with E-state index >= 15 is 0 Å². The van der Waals surface area contributed by atoms with Crippen LogP contribution >= 0.6 is 0 Å². The van der Waals surface area contributed by atoms with Crippen molar-refractivity contribution in [3.05, 3.63) is 0 Å². The lowest BCUT2D eigenvalue weighted by molar-refractivity contribution is -0.122. The second kappa shape index (κ2) is 4.30. The van der Waals surface area contributed by atoms with Gasteiger partial charge in [-0.2, -0.15) is 0 Å². The summed E-state index contributed by atoms with van der Waals surface area (Å²) in [5.74, 6) is 1.60. The molecular weight excluding hydrogens is 176 g/mol. The van der Waals surface area contributed by atoms with Crippen molar-refractivity contribution < 1.29 is 4.79 Å². The first kappa shape index (κ1) is 9.97. The molecule has 2 rings (SSSR count). The average molecular weight is 196 g/mol. The third-order valence-electron chi connectivity index (χ3n) is 3.41. The predicted octanol–water partition coefficient (Wildman–Crippen LogP) is 1.03. The maximum Gasteiger partial charge on any atom is 0.220 e. The molecule has 3 N–H and O–H groups in total. The number of carbonyl (C=O) groups excluding carboxylic acids is 1. The van der Waals surface area contributed by atoms with E-state index in [4.69, 9.17) is 5.73 Å². The number of hydrogen-bond donors (Lipinski definition) is 2. The van der Waals surface area contributed by atoms with Gasteiger partial charge in [-0.05, 0) is 50.5 Å². The standard InChI is InChI=1S/C11H20N2O/c12-7-9-3-4-10(5-9)13-11(14)6-8-1-2-8/h8-10H,1-7,12H2,(H,13,14)/t9-,10+/m0/s1. The molecule has 2 saturated carbocycles. The normalized spacial score (nSPS) is 31.8. The lowest BCUT2D eigenvalue weighted by Gasteiger charge is -2.12. The molecule has 0 aromatic carbocycles. The van der Waals surface area contributed by atoms with E-state index in [0.717, 1.165) is 25.8 Å². The Balaban J connectivity index is 1.66. The second-order valence-corrected chi connectivity index (χ2v) is 4.83. The van der Waals surface area contributed by atoms with Crippen molar-refractivity contribution in [2.24, 2.45) is 17.6 Å². The Morgan fingerprint density at radius 2 is 1.93 bits per heavy atom. The van der Waals surface area contributed by atoms with Crippen LogP contribution in [0.1, 0.15) is 38.5 Å². The molecular formula is C11H20N2O. The molecule has 0 aromatic rings. The highest BCUT2D eigenvalue weighted by molar-refractivity contribution is 5.76. The molecule has 0 aromatic heterocycles. The van der Waals surface area contributed by atoms with E-state index in [1.165, 1.54) is 19.3 Å². The molecule has 2 fully saturated rings. The molecule has 0 saturated heterocycles. The van der Waals surface area contributed by atoms with Crippen LogP contribution in [0.15, 0.2) is 0 Å². The molecule has 2 aliphatic rings. The quantitative estimate of drug-likeness (QED) is 0.705. The summed E-state index contributed by atoms with van der Waals surface area (Å²) in [6.45, 7) is 0.773. The maximum atomic E-state index is 11.5. The zero-order valence-corrected chi connectivity index (χ0v) is 8.67. The second-order valence-electron chi connectivity index (χ2n) is 4.83. The number of hydrogen-bond acceptors (Lipinski definition) is 2. The molecule has 3 heteroatoms. The number of rotatable bonds is 4. The van der Waals surface area contributed by atoms with Gasteiger partial charge in [0.25, 0.3) is 0 Å². The Morgan fingerprint density at radius 1 is 1.21 bits per heavy atom. The summed E-state index contributed by atoms with van der Waals surface area (Å²) in [6.07, 6.45) is 6.66. The molecule has 1 amide bonds. The monoisotopic (exact) mass is 196 g/mol. The fourth-order valence-electron chi connectivity index (χ4n) is 2.29. The maximum absolute atomic E-state index is 11.5. The summed E-state index contributed by atoms with van der Waals surface area (Å²) in [5.41, 5.74) is 5.60. The Bertz CT molecular complexity index is 213. The highest BCUT2D eigenvalue weighted by Gasteiger charge is 2.28. The van der Waals surface area contributed by atoms with Crippen LogP contribution in [-0.2, 0) is 4.79 Å². The minimum absolute atomic E-state index is 0.259. The van der Waals surface area contributed by atoms with Gasteiger partial charge in [-0.25, -0.2) is 0 Å². The van der Waals surface area contributed by atoms with Gasteiger partial charge in [0, 0.05) is 12.5 Å². The van der Waals surface area contributed by atoms with Crippen LogP contribution in [-0.4, -0.2) is 18.5 Å². The molecule has 2 aliphatic carbocycles. The first-order valence-corrected chi connectivity index (χ1v) is 5.77. The van der Waals surface area contributed by atoms with Crippen molar-refractivity contribution in [3.63, 3.8) is 0 Å². The molecule has 0 heterocycles. The molecule has 0 bridgehead atoms. The summed E-state index contributed by atoms with van der Waals surface area (Å²) >= 11 is 0. The Morgan fingerprint density at radius 3 is 2.50 bits per heavy atom. The fraction of sp³-hybridized carbons (Fsp3) is 0.909. The van der Waals surface area contributed by atoms with Crippen LogP contribution in [0.25, 0.3) is 0 Å². The van der Waals surface area contributed by atoms with Crippen molar-refractivity contribution in [3.8, 4) is 0 Å². The summed E-state index contributed by atoms with van der Waals surface area (Å²) in [6, 6.07) is 0.412. The third-order valence-corrected chi connectivity index (χ3v) is 3.41. The minimum Gasteiger partial charge on any atom is -0.353 e. The van der Waals surface area contributed by atoms with Gasteiger partial charge in [-0.15, -0.1) is 0 Å². The molecule has 0 radical (unpaired) electrons. The highest BCUT2D eigenvalue weighted by Crippen LogP contribution is 2.32. The zero-order valence-electron chi connectivity index (χ0n) is 8.67. The average Bonchev–Trinajstić information content (AvgIpc) is 2.83. The number of nitrogens with two attached hydrogens (primary N) is 1. The van der Waals surface area contributed by atoms with E-state index in [2.05, 4.69) is 5.32 Å². The van der Waals surface area contributed by atoms with Gasteiger partial charge in [0.05, 0.1) is 0 Å². The Kier molecular flexibility index (Phi) is 3.06. The van der Waals surface area contributed by atoms with Gasteiger partial charge in [0.1, 0.15) is 0 Å². The molecule has 0 aliphatic heterocycles. The van der Waals surface area contributed by atoms with Crippen LogP contribution in [0.5, 0.6) is 0 Å². The van der Waals surface area contributed by atoms with E-state index in [9.17, 15) is 4.79 Å². The van der Waals surface area contributed by atoms with Crippen LogP contribution in [0.2, 0.25) is 0 Å². The van der Waals surface area contributed by atoms with Crippen molar-refractivity contribution in [2.75, 3.05) is 6.54 Å². The van der Waals surface area contributed by atoms with Gasteiger partial charge in [-0.1, -0.05) is 0 Å². The summed E-state index contributed by atoms with van der Waals surface area (Å²) in [4.78, 5) is 11.5. The summed E-state index contributed by atoms with van der Waals surface area (Å²) in [7, 11) is 0. The van der Waals surface area contributed by atoms with Crippen LogP contribution in [0.4, 0.5) is 0 Å². The van der Waals surface area contributed by atoms with Crippen molar-refractivity contribution in [1.29, 1.82) is 0 Å². The van der Waals surface area contributed by atoms with Crippen molar-refractivity contribution in [2.45, 2.75) is 44.6 Å². The lowest BCUT2D eigenvalue weighted by Crippen LogP contribution is -2.33. The van der Waals surface area contributed by atoms with Gasteiger partial charge in [0.15, 0.2) is 0 Å². The van der Waals surface area contributed by atoms with E-state index < -0.39 is 0 Å². The van der Waals surface area contributed by atoms with Gasteiger partial charge >= 0.3 is 0 Å². The van der Waals surface area contributed by atoms with Gasteiger partial charge < -0.3 is 11.1 Å². The lowest BCUT2D eigenvalue weighted by atomic mass is 10.1. The smallest absolute Gasteiger partial charge is 0.220 e. The van der Waals surface area contributed by atoms with Crippen molar-refractivity contribution in [1.82, 2.24) is 5.32 Å². The summed E-state index contributed by atoms with van der Waals surface area (Å²) < 4.78 is 0. The zero-order chi connectivity index (χ0) is 9.97. The first-order valence-electron chi connectivity index (χ1n) is 5.77. The van der Waals surface area contributed by atoms with Crippen LogP contribution in [0, 0.1) is 11.8 Å². The molecule has 3 nitrogen and oxygen atoms in total. The molecule has 0 spiro atoms. The minimum atomic E-state index is 0.259. The molecule has 14 heavy (non-hydrogen) atoms. The van der Waals surface area contributed by atoms with E-state index in [-0.39, 0.29) is 5.91 Å². The van der Waals surface area contributed by atoms with Gasteiger partial charge in [-0.3, -0.25) is 4.79 Å². The number of carbonyl (C=O) groups is 1. The van der Waals surface area contributed by atoms with Crippen LogP contribution in [0.3, 0.4) is 0 Å². The highest BCUT2D eigenvalue weighted by atomic mass is 16.1. The Labute approximate surface area is 85.4 Å². The fourth-order valence-corrected chi connectivity index (χ4v) is 2.29.